The van der Waals surface area contributed by atoms with Crippen LogP contribution in [0.25, 0.3) is 0 Å². The number of benzene rings is 1. The molecule has 0 spiro atoms. The van der Waals surface area contributed by atoms with E-state index in [4.69, 9.17) is 5.73 Å². The number of hydrogen-bond donors (Lipinski definition) is 1. The molecule has 1 aromatic rings. The fraction of sp³-hybridized carbons (Fsp3) is 0.500. The predicted octanol–water partition coefficient (Wildman–Crippen LogP) is 0.851. The highest BCUT2D eigenvalue weighted by Crippen LogP contribution is 2.25. The van der Waals surface area contributed by atoms with E-state index in [-0.39, 0.29) is 11.9 Å². The van der Waals surface area contributed by atoms with E-state index in [1.807, 2.05) is 23.1 Å². The largest absolute Gasteiger partial charge is 0.333 e. The van der Waals surface area contributed by atoms with Gasteiger partial charge in [0.15, 0.2) is 0 Å². The van der Waals surface area contributed by atoms with Gasteiger partial charge in [0.25, 0.3) is 0 Å². The van der Waals surface area contributed by atoms with E-state index in [1.54, 1.807) is 0 Å². The smallest absolute Gasteiger partial charge is 0.224 e. The van der Waals surface area contributed by atoms with Gasteiger partial charge in [-0.05, 0) is 12.6 Å². The van der Waals surface area contributed by atoms with Gasteiger partial charge in [0.05, 0.1) is 6.04 Å². The molecular formula is C14H21N3O. The molecule has 0 aromatic heterocycles. The number of nitrogens with two attached hydrogens (primary N) is 1. The third-order valence-electron chi connectivity index (χ3n) is 3.45. The lowest BCUT2D eigenvalue weighted by atomic mass is 10.0. The van der Waals surface area contributed by atoms with E-state index in [1.165, 1.54) is 5.56 Å². The second-order valence-electron chi connectivity index (χ2n) is 4.81. The summed E-state index contributed by atoms with van der Waals surface area (Å²) >= 11 is 0. The van der Waals surface area contributed by atoms with Crippen molar-refractivity contribution in [3.8, 4) is 0 Å². The molecule has 1 saturated heterocycles. The standard InChI is InChI=1S/C14H21N3O/c1-16-9-10-17(14(18)7-8-15)13(11-16)12-5-3-2-4-6-12/h2-6,13H,7-11,15H2,1H3. The van der Waals surface area contributed by atoms with E-state index in [2.05, 4.69) is 24.1 Å². The molecule has 0 saturated carbocycles. The first-order chi connectivity index (χ1) is 8.72. The van der Waals surface area contributed by atoms with Crippen LogP contribution in [0.1, 0.15) is 18.0 Å². The number of piperazine rings is 1. The Kier molecular flexibility index (Phi) is 4.33. The van der Waals surface area contributed by atoms with Gasteiger partial charge in [-0.2, -0.15) is 0 Å². The molecule has 1 aromatic carbocycles. The first-order valence-electron chi connectivity index (χ1n) is 6.45. The normalized spacial score (nSPS) is 21.0. The van der Waals surface area contributed by atoms with Crippen LogP contribution < -0.4 is 5.73 Å². The van der Waals surface area contributed by atoms with Gasteiger partial charge in [0, 0.05) is 32.6 Å². The van der Waals surface area contributed by atoms with Crippen molar-refractivity contribution in [1.29, 1.82) is 0 Å². The topological polar surface area (TPSA) is 49.6 Å². The Morgan fingerprint density at radius 3 is 2.72 bits per heavy atom. The lowest BCUT2D eigenvalue weighted by molar-refractivity contribution is -0.135. The Labute approximate surface area is 108 Å². The van der Waals surface area contributed by atoms with Gasteiger partial charge in [-0.1, -0.05) is 30.3 Å². The van der Waals surface area contributed by atoms with Crippen LogP contribution in [0.3, 0.4) is 0 Å². The summed E-state index contributed by atoms with van der Waals surface area (Å²) in [7, 11) is 2.10. The van der Waals surface area contributed by atoms with Crippen molar-refractivity contribution < 1.29 is 4.79 Å². The third kappa shape index (κ3) is 2.89. The quantitative estimate of drug-likeness (QED) is 0.861. The van der Waals surface area contributed by atoms with Gasteiger partial charge >= 0.3 is 0 Å². The molecule has 1 aliphatic heterocycles. The van der Waals surface area contributed by atoms with Crippen molar-refractivity contribution >= 4 is 5.91 Å². The van der Waals surface area contributed by atoms with Crippen LogP contribution in [0, 0.1) is 0 Å². The van der Waals surface area contributed by atoms with Crippen molar-refractivity contribution in [1.82, 2.24) is 9.80 Å². The number of likely N-dealkylation sites (N-methyl/N-ethyl adjacent to an activating group) is 1. The van der Waals surface area contributed by atoms with E-state index in [9.17, 15) is 4.79 Å². The maximum Gasteiger partial charge on any atom is 0.224 e. The summed E-state index contributed by atoms with van der Waals surface area (Å²) in [5.41, 5.74) is 6.69. The molecule has 1 amide bonds. The van der Waals surface area contributed by atoms with Gasteiger partial charge in [-0.3, -0.25) is 4.79 Å². The summed E-state index contributed by atoms with van der Waals surface area (Å²) < 4.78 is 0. The Morgan fingerprint density at radius 1 is 1.33 bits per heavy atom. The van der Waals surface area contributed by atoms with Crippen LogP contribution in [0.4, 0.5) is 0 Å². The highest BCUT2D eigenvalue weighted by atomic mass is 16.2. The molecule has 2 N–H and O–H groups in total. The predicted molar refractivity (Wildman–Crippen MR) is 72.1 cm³/mol. The summed E-state index contributed by atoms with van der Waals surface area (Å²) in [6.45, 7) is 3.03. The van der Waals surface area contributed by atoms with Crippen molar-refractivity contribution in [2.75, 3.05) is 33.2 Å². The highest BCUT2D eigenvalue weighted by Gasteiger charge is 2.29. The number of nitrogens with zero attached hydrogens (tertiary/aromatic N) is 2. The molecule has 1 fully saturated rings. The molecule has 98 valence electrons. The van der Waals surface area contributed by atoms with Gasteiger partial charge in [0.2, 0.25) is 5.91 Å². The Bertz CT molecular complexity index is 393. The van der Waals surface area contributed by atoms with Gasteiger partial charge < -0.3 is 15.5 Å². The highest BCUT2D eigenvalue weighted by molar-refractivity contribution is 5.77. The molecule has 4 heteroatoms. The summed E-state index contributed by atoms with van der Waals surface area (Å²) in [5.74, 6) is 0.166. The molecule has 0 radical (unpaired) electrons. The van der Waals surface area contributed by atoms with Crippen molar-refractivity contribution in [2.45, 2.75) is 12.5 Å². The fourth-order valence-corrected chi connectivity index (χ4v) is 2.45. The number of amides is 1. The molecule has 2 rings (SSSR count). The monoisotopic (exact) mass is 247 g/mol. The zero-order chi connectivity index (χ0) is 13.0. The van der Waals surface area contributed by atoms with Crippen molar-refractivity contribution in [2.24, 2.45) is 5.73 Å². The number of carbonyl (C=O) groups is 1. The second kappa shape index (κ2) is 5.98. The van der Waals surface area contributed by atoms with Gasteiger partial charge in [-0.15, -0.1) is 0 Å². The van der Waals surface area contributed by atoms with E-state index in [0.29, 0.717) is 13.0 Å². The van der Waals surface area contributed by atoms with Crippen LogP contribution in [0.5, 0.6) is 0 Å². The van der Waals surface area contributed by atoms with Crippen LogP contribution in [0.2, 0.25) is 0 Å². The summed E-state index contributed by atoms with van der Waals surface area (Å²) in [6.07, 6.45) is 0.438. The molecule has 1 heterocycles. The fourth-order valence-electron chi connectivity index (χ4n) is 2.45. The van der Waals surface area contributed by atoms with Crippen LogP contribution in [0.15, 0.2) is 30.3 Å². The van der Waals surface area contributed by atoms with E-state index >= 15 is 0 Å². The maximum absolute atomic E-state index is 12.1. The van der Waals surface area contributed by atoms with Gasteiger partial charge in [0.1, 0.15) is 0 Å². The van der Waals surface area contributed by atoms with Crippen LogP contribution in [-0.2, 0) is 4.79 Å². The molecule has 1 aliphatic rings. The average molecular weight is 247 g/mol. The van der Waals surface area contributed by atoms with E-state index < -0.39 is 0 Å². The first kappa shape index (κ1) is 13.1. The SMILES string of the molecule is CN1CCN(C(=O)CCN)C(c2ccccc2)C1. The average Bonchev–Trinajstić information content (AvgIpc) is 2.40. The van der Waals surface area contributed by atoms with Crippen LogP contribution >= 0.6 is 0 Å². The zero-order valence-corrected chi connectivity index (χ0v) is 10.9. The number of carbonyl (C=O) groups excluding carboxylic acids is 1. The lowest BCUT2D eigenvalue weighted by Gasteiger charge is -2.40. The Morgan fingerprint density at radius 2 is 2.06 bits per heavy atom. The zero-order valence-electron chi connectivity index (χ0n) is 10.9. The van der Waals surface area contributed by atoms with Crippen LogP contribution in [-0.4, -0.2) is 48.9 Å². The second-order valence-corrected chi connectivity index (χ2v) is 4.81. The maximum atomic E-state index is 12.1. The molecule has 1 atom stereocenters. The Balaban J connectivity index is 2.19. The number of rotatable bonds is 3. The van der Waals surface area contributed by atoms with E-state index in [0.717, 1.165) is 19.6 Å². The minimum atomic E-state index is 0.156. The molecule has 4 nitrogen and oxygen atoms in total. The molecular weight excluding hydrogens is 226 g/mol. The summed E-state index contributed by atoms with van der Waals surface area (Å²) in [4.78, 5) is 16.4. The van der Waals surface area contributed by atoms with Crippen molar-refractivity contribution in [3.05, 3.63) is 35.9 Å². The lowest BCUT2D eigenvalue weighted by Crippen LogP contribution is -2.49. The minimum Gasteiger partial charge on any atom is -0.333 e. The summed E-state index contributed by atoms with van der Waals surface area (Å²) in [5, 5.41) is 0. The van der Waals surface area contributed by atoms with Gasteiger partial charge in [-0.25, -0.2) is 0 Å². The number of hydrogen-bond acceptors (Lipinski definition) is 3. The molecule has 0 bridgehead atoms. The minimum absolute atomic E-state index is 0.156. The molecule has 18 heavy (non-hydrogen) atoms. The molecule has 0 aliphatic carbocycles. The molecule has 1 unspecified atom stereocenters. The summed E-state index contributed by atoms with van der Waals surface area (Å²) in [6, 6.07) is 10.4. The van der Waals surface area contributed by atoms with Crippen molar-refractivity contribution in [3.63, 3.8) is 0 Å². The third-order valence-corrected chi connectivity index (χ3v) is 3.45. The Hall–Kier alpha value is -1.39. The first-order valence-corrected chi connectivity index (χ1v) is 6.45.